The van der Waals surface area contributed by atoms with E-state index in [0.717, 1.165) is 0 Å². The van der Waals surface area contributed by atoms with Gasteiger partial charge in [-0.25, -0.2) is 13.4 Å². The van der Waals surface area contributed by atoms with Gasteiger partial charge in [-0.05, 0) is 0 Å². The number of rotatable bonds is 3. The van der Waals surface area contributed by atoms with Crippen LogP contribution < -0.4 is 0 Å². The van der Waals surface area contributed by atoms with Crippen LogP contribution in [0, 0.1) is 0 Å². The standard InChI is InChI=1S/C8H10ClN3O2S2/c1-3-11(2)16(13,14)7-6(9)10-8-12(7)4-5-15-8/h4-5H,3H2,1-2H3. The van der Waals surface area contributed by atoms with Gasteiger partial charge in [0.25, 0.3) is 10.0 Å². The Morgan fingerprint density at radius 1 is 1.62 bits per heavy atom. The maximum absolute atomic E-state index is 12.1. The lowest BCUT2D eigenvalue weighted by Gasteiger charge is -2.13. The molecule has 0 saturated heterocycles. The van der Waals surface area contributed by atoms with Gasteiger partial charge in [-0.2, -0.15) is 4.31 Å². The smallest absolute Gasteiger partial charge is 0.262 e. The van der Waals surface area contributed by atoms with Crippen LogP contribution in [0.15, 0.2) is 16.6 Å². The number of hydrogen-bond donors (Lipinski definition) is 0. The van der Waals surface area contributed by atoms with Gasteiger partial charge in [0.2, 0.25) is 0 Å². The Hall–Kier alpha value is -0.630. The normalized spacial score (nSPS) is 12.8. The molecular formula is C8H10ClN3O2S2. The van der Waals surface area contributed by atoms with E-state index in [4.69, 9.17) is 11.6 Å². The third-order valence-electron chi connectivity index (χ3n) is 2.28. The van der Waals surface area contributed by atoms with Gasteiger partial charge in [-0.15, -0.1) is 11.3 Å². The Bertz CT molecular complexity index is 616. The van der Waals surface area contributed by atoms with Gasteiger partial charge in [-0.1, -0.05) is 18.5 Å². The molecule has 0 unspecified atom stereocenters. The minimum Gasteiger partial charge on any atom is -0.279 e. The maximum atomic E-state index is 12.1. The van der Waals surface area contributed by atoms with E-state index in [2.05, 4.69) is 4.98 Å². The molecule has 8 heteroatoms. The zero-order valence-electron chi connectivity index (χ0n) is 8.71. The molecule has 0 spiro atoms. The highest BCUT2D eigenvalue weighted by Crippen LogP contribution is 2.27. The Morgan fingerprint density at radius 3 is 2.94 bits per heavy atom. The molecule has 5 nitrogen and oxygen atoms in total. The first-order chi connectivity index (χ1) is 7.48. The van der Waals surface area contributed by atoms with E-state index in [-0.39, 0.29) is 10.2 Å². The minimum absolute atomic E-state index is 0.0205. The zero-order valence-corrected chi connectivity index (χ0v) is 11.1. The maximum Gasteiger partial charge on any atom is 0.262 e. The van der Waals surface area contributed by atoms with Gasteiger partial charge in [0.1, 0.15) is 0 Å². The highest BCUT2D eigenvalue weighted by atomic mass is 35.5. The Balaban J connectivity index is 2.71. The fourth-order valence-electron chi connectivity index (χ4n) is 1.29. The molecule has 0 N–H and O–H groups in total. The van der Waals surface area contributed by atoms with E-state index in [1.807, 2.05) is 0 Å². The van der Waals surface area contributed by atoms with E-state index in [1.54, 1.807) is 18.5 Å². The molecule has 2 heterocycles. The highest BCUT2D eigenvalue weighted by Gasteiger charge is 2.28. The molecule has 0 amide bonds. The molecule has 2 aromatic heterocycles. The second-order valence-electron chi connectivity index (χ2n) is 3.18. The summed E-state index contributed by atoms with van der Waals surface area (Å²) in [6.45, 7) is 2.15. The van der Waals surface area contributed by atoms with Crippen molar-refractivity contribution in [3.63, 3.8) is 0 Å². The summed E-state index contributed by atoms with van der Waals surface area (Å²) in [5.41, 5.74) is 0. The number of nitrogens with zero attached hydrogens (tertiary/aromatic N) is 3. The van der Waals surface area contributed by atoms with E-state index in [0.29, 0.717) is 11.5 Å². The summed E-state index contributed by atoms with van der Waals surface area (Å²) in [4.78, 5) is 4.57. The van der Waals surface area contributed by atoms with Gasteiger partial charge < -0.3 is 0 Å². The molecule has 2 aromatic rings. The molecule has 0 atom stereocenters. The average molecular weight is 280 g/mol. The molecule has 0 aliphatic heterocycles. The van der Waals surface area contributed by atoms with Crippen LogP contribution in [0.4, 0.5) is 0 Å². The lowest BCUT2D eigenvalue weighted by Crippen LogP contribution is -2.27. The third kappa shape index (κ3) is 1.64. The molecule has 0 bridgehead atoms. The van der Waals surface area contributed by atoms with Crippen molar-refractivity contribution < 1.29 is 8.42 Å². The summed E-state index contributed by atoms with van der Waals surface area (Å²) < 4.78 is 27.0. The van der Waals surface area contributed by atoms with Crippen molar-refractivity contribution in [1.82, 2.24) is 13.7 Å². The summed E-state index contributed by atoms with van der Waals surface area (Å²) in [6.07, 6.45) is 1.65. The Labute approximate surface area is 102 Å². The lowest BCUT2D eigenvalue weighted by atomic mass is 10.8. The van der Waals surface area contributed by atoms with Crippen molar-refractivity contribution in [2.24, 2.45) is 0 Å². The highest BCUT2D eigenvalue weighted by molar-refractivity contribution is 7.89. The Kier molecular flexibility index (Phi) is 2.95. The quantitative estimate of drug-likeness (QED) is 0.859. The summed E-state index contributed by atoms with van der Waals surface area (Å²) >= 11 is 7.21. The second kappa shape index (κ2) is 3.99. The van der Waals surface area contributed by atoms with Crippen LogP contribution in [-0.4, -0.2) is 35.7 Å². The van der Waals surface area contributed by atoms with Crippen LogP contribution in [-0.2, 0) is 10.0 Å². The summed E-state index contributed by atoms with van der Waals surface area (Å²) in [6, 6.07) is 0. The van der Waals surface area contributed by atoms with Gasteiger partial charge in [0.05, 0.1) is 0 Å². The molecule has 0 saturated carbocycles. The van der Waals surface area contributed by atoms with Crippen molar-refractivity contribution in [2.75, 3.05) is 13.6 Å². The molecule has 0 aliphatic rings. The van der Waals surface area contributed by atoms with Gasteiger partial charge in [-0.3, -0.25) is 4.40 Å². The van der Waals surface area contributed by atoms with E-state index >= 15 is 0 Å². The summed E-state index contributed by atoms with van der Waals surface area (Å²) in [5.74, 6) is 0. The SMILES string of the molecule is CCN(C)S(=O)(=O)c1c(Cl)nc2sccn12. The number of imidazole rings is 1. The van der Waals surface area contributed by atoms with Crippen molar-refractivity contribution in [3.8, 4) is 0 Å². The van der Waals surface area contributed by atoms with Crippen LogP contribution in [0.1, 0.15) is 6.92 Å². The van der Waals surface area contributed by atoms with Crippen molar-refractivity contribution >= 4 is 37.9 Å². The van der Waals surface area contributed by atoms with Crippen LogP contribution in [0.25, 0.3) is 4.96 Å². The molecule has 88 valence electrons. The monoisotopic (exact) mass is 279 g/mol. The van der Waals surface area contributed by atoms with Gasteiger partial charge in [0.15, 0.2) is 15.1 Å². The second-order valence-corrected chi connectivity index (χ2v) is 6.37. The van der Waals surface area contributed by atoms with E-state index in [1.165, 1.54) is 27.1 Å². The third-order valence-corrected chi connectivity index (χ3v) is 5.37. The molecule has 0 fully saturated rings. The van der Waals surface area contributed by atoms with Crippen LogP contribution in [0.5, 0.6) is 0 Å². The largest absolute Gasteiger partial charge is 0.279 e. The van der Waals surface area contributed by atoms with Crippen molar-refractivity contribution in [3.05, 3.63) is 16.7 Å². The lowest BCUT2D eigenvalue weighted by molar-refractivity contribution is 0.482. The molecule has 0 aliphatic carbocycles. The molecule has 2 rings (SSSR count). The zero-order chi connectivity index (χ0) is 11.9. The van der Waals surface area contributed by atoms with Crippen LogP contribution in [0.3, 0.4) is 0 Å². The van der Waals surface area contributed by atoms with Gasteiger partial charge in [0, 0.05) is 25.2 Å². The van der Waals surface area contributed by atoms with E-state index in [9.17, 15) is 8.42 Å². The first kappa shape index (κ1) is 11.8. The van der Waals surface area contributed by atoms with Crippen LogP contribution in [0.2, 0.25) is 5.15 Å². The predicted molar refractivity (Wildman–Crippen MR) is 63.6 cm³/mol. The molecular weight excluding hydrogens is 270 g/mol. The summed E-state index contributed by atoms with van der Waals surface area (Å²) in [5, 5.41) is 1.82. The predicted octanol–water partition coefficient (Wildman–Crippen LogP) is 1.69. The molecule has 0 radical (unpaired) electrons. The number of sulfonamides is 1. The number of halogens is 1. The minimum atomic E-state index is -3.56. The number of thiazole rings is 1. The number of aromatic nitrogens is 2. The van der Waals surface area contributed by atoms with Crippen molar-refractivity contribution in [2.45, 2.75) is 11.9 Å². The first-order valence-corrected chi connectivity index (χ1v) is 7.25. The first-order valence-electron chi connectivity index (χ1n) is 4.56. The number of fused-ring (bicyclic) bond motifs is 1. The molecule has 16 heavy (non-hydrogen) atoms. The fraction of sp³-hybridized carbons (Fsp3) is 0.375. The van der Waals surface area contributed by atoms with Crippen LogP contribution >= 0.6 is 22.9 Å². The van der Waals surface area contributed by atoms with Gasteiger partial charge >= 0.3 is 0 Å². The summed E-state index contributed by atoms with van der Waals surface area (Å²) in [7, 11) is -2.05. The van der Waals surface area contributed by atoms with E-state index < -0.39 is 10.0 Å². The number of hydrogen-bond acceptors (Lipinski definition) is 4. The Morgan fingerprint density at radius 2 is 2.31 bits per heavy atom. The van der Waals surface area contributed by atoms with Crippen molar-refractivity contribution in [1.29, 1.82) is 0 Å². The fourth-order valence-corrected chi connectivity index (χ4v) is 3.86. The average Bonchev–Trinajstić information content (AvgIpc) is 2.74. The topological polar surface area (TPSA) is 54.7 Å². The molecule has 0 aromatic carbocycles.